The molecule has 2 amide bonds. The van der Waals surface area contributed by atoms with Crippen LogP contribution < -0.4 is 10.6 Å². The number of carbonyl (C=O) groups is 2. The number of hydrogen-bond donors (Lipinski definition) is 2. The molecule has 0 radical (unpaired) electrons. The Morgan fingerprint density at radius 2 is 1.65 bits per heavy atom. The zero-order valence-corrected chi connectivity index (χ0v) is 10.4. The van der Waals surface area contributed by atoms with Gasteiger partial charge in [-0.05, 0) is 30.7 Å². The second-order valence-corrected chi connectivity index (χ2v) is 3.98. The Labute approximate surface area is 105 Å². The largest absolute Gasteiger partial charge is 0.326 e. The first kappa shape index (κ1) is 13.5. The minimum atomic E-state index is -0.121. The van der Waals surface area contributed by atoms with Gasteiger partial charge in [0.1, 0.15) is 0 Å². The molecule has 0 aliphatic carbocycles. The molecular formula is C12H15ClN2O2. The van der Waals surface area contributed by atoms with Crippen molar-refractivity contribution in [3.05, 3.63) is 24.3 Å². The van der Waals surface area contributed by atoms with Crippen molar-refractivity contribution in [3.8, 4) is 0 Å². The molecule has 0 atom stereocenters. The number of alkyl halides is 1. The van der Waals surface area contributed by atoms with Crippen LogP contribution in [0.2, 0.25) is 0 Å². The van der Waals surface area contributed by atoms with Crippen LogP contribution >= 0.6 is 11.6 Å². The standard InChI is InChI=1S/C12H15ClN2O2/c1-9(16)14-10-4-6-11(7-5-10)15-12(17)3-2-8-13/h4-7H,2-3,8H2,1H3,(H,14,16)(H,15,17). The summed E-state index contributed by atoms with van der Waals surface area (Å²) in [7, 11) is 0. The van der Waals surface area contributed by atoms with E-state index in [2.05, 4.69) is 10.6 Å². The fraction of sp³-hybridized carbons (Fsp3) is 0.333. The summed E-state index contributed by atoms with van der Waals surface area (Å²) >= 11 is 5.50. The second kappa shape index (κ2) is 6.91. The molecule has 0 heterocycles. The Bertz CT molecular complexity index is 390. The molecule has 5 heteroatoms. The molecular weight excluding hydrogens is 240 g/mol. The van der Waals surface area contributed by atoms with E-state index in [4.69, 9.17) is 11.6 Å². The topological polar surface area (TPSA) is 58.2 Å². The van der Waals surface area contributed by atoms with Crippen LogP contribution in [-0.2, 0) is 9.59 Å². The molecule has 0 spiro atoms. The Morgan fingerprint density at radius 1 is 1.12 bits per heavy atom. The van der Waals surface area contributed by atoms with Gasteiger partial charge in [-0.15, -0.1) is 11.6 Å². The molecule has 0 aliphatic rings. The highest BCUT2D eigenvalue weighted by molar-refractivity contribution is 6.18. The lowest BCUT2D eigenvalue weighted by Gasteiger charge is -2.06. The van der Waals surface area contributed by atoms with E-state index < -0.39 is 0 Å². The molecule has 0 saturated heterocycles. The quantitative estimate of drug-likeness (QED) is 0.794. The van der Waals surface area contributed by atoms with E-state index in [1.807, 2.05) is 0 Å². The first-order valence-corrected chi connectivity index (χ1v) is 5.88. The number of rotatable bonds is 5. The fourth-order valence-corrected chi connectivity index (χ4v) is 1.42. The second-order valence-electron chi connectivity index (χ2n) is 3.60. The van der Waals surface area contributed by atoms with Gasteiger partial charge in [-0.1, -0.05) is 0 Å². The summed E-state index contributed by atoms with van der Waals surface area (Å²) in [6.07, 6.45) is 1.08. The van der Waals surface area contributed by atoms with Crippen LogP contribution in [0, 0.1) is 0 Å². The fourth-order valence-electron chi connectivity index (χ4n) is 1.29. The van der Waals surface area contributed by atoms with Crippen molar-refractivity contribution in [2.24, 2.45) is 0 Å². The van der Waals surface area contributed by atoms with Gasteiger partial charge in [0.25, 0.3) is 0 Å². The zero-order valence-electron chi connectivity index (χ0n) is 9.63. The van der Waals surface area contributed by atoms with Crippen LogP contribution in [0.15, 0.2) is 24.3 Å². The molecule has 0 fully saturated rings. The van der Waals surface area contributed by atoms with Gasteiger partial charge < -0.3 is 10.6 Å². The van der Waals surface area contributed by atoms with Crippen LogP contribution in [-0.4, -0.2) is 17.7 Å². The maximum Gasteiger partial charge on any atom is 0.224 e. The number of amides is 2. The minimum Gasteiger partial charge on any atom is -0.326 e. The Kier molecular flexibility index (Phi) is 5.49. The van der Waals surface area contributed by atoms with Crippen molar-refractivity contribution in [2.75, 3.05) is 16.5 Å². The highest BCUT2D eigenvalue weighted by Gasteiger charge is 2.02. The average Bonchev–Trinajstić information content (AvgIpc) is 2.28. The van der Waals surface area contributed by atoms with Gasteiger partial charge in [0.05, 0.1) is 0 Å². The van der Waals surface area contributed by atoms with E-state index >= 15 is 0 Å². The first-order chi connectivity index (χ1) is 8.11. The maximum absolute atomic E-state index is 11.4. The lowest BCUT2D eigenvalue weighted by Crippen LogP contribution is -2.11. The predicted molar refractivity (Wildman–Crippen MR) is 69.3 cm³/mol. The van der Waals surface area contributed by atoms with E-state index in [0.717, 1.165) is 0 Å². The van der Waals surface area contributed by atoms with Crippen molar-refractivity contribution < 1.29 is 9.59 Å². The molecule has 17 heavy (non-hydrogen) atoms. The van der Waals surface area contributed by atoms with E-state index in [9.17, 15) is 9.59 Å². The summed E-state index contributed by atoms with van der Waals surface area (Å²) < 4.78 is 0. The van der Waals surface area contributed by atoms with Crippen molar-refractivity contribution in [3.63, 3.8) is 0 Å². The van der Waals surface area contributed by atoms with Gasteiger partial charge in [-0.2, -0.15) is 0 Å². The average molecular weight is 255 g/mol. The van der Waals surface area contributed by atoms with Crippen LogP contribution in [0.3, 0.4) is 0 Å². The SMILES string of the molecule is CC(=O)Nc1ccc(NC(=O)CCCCl)cc1. The summed E-state index contributed by atoms with van der Waals surface area (Å²) in [5.41, 5.74) is 1.41. The van der Waals surface area contributed by atoms with Crippen molar-refractivity contribution in [1.29, 1.82) is 0 Å². The van der Waals surface area contributed by atoms with E-state index in [-0.39, 0.29) is 11.8 Å². The smallest absolute Gasteiger partial charge is 0.224 e. The van der Waals surface area contributed by atoms with Gasteiger partial charge >= 0.3 is 0 Å². The molecule has 92 valence electrons. The van der Waals surface area contributed by atoms with E-state index in [0.29, 0.717) is 30.1 Å². The summed E-state index contributed by atoms with van der Waals surface area (Å²) in [6.45, 7) is 1.45. The molecule has 0 bridgehead atoms. The number of nitrogens with one attached hydrogen (secondary N) is 2. The molecule has 1 aromatic rings. The lowest BCUT2D eigenvalue weighted by molar-refractivity contribution is -0.116. The van der Waals surface area contributed by atoms with Crippen molar-refractivity contribution in [2.45, 2.75) is 19.8 Å². The third-order valence-corrected chi connectivity index (χ3v) is 2.29. The number of anilines is 2. The maximum atomic E-state index is 11.4. The third-order valence-electron chi connectivity index (χ3n) is 2.03. The zero-order chi connectivity index (χ0) is 12.7. The van der Waals surface area contributed by atoms with Gasteiger partial charge in [0, 0.05) is 30.6 Å². The molecule has 4 nitrogen and oxygen atoms in total. The molecule has 0 aliphatic heterocycles. The number of hydrogen-bond acceptors (Lipinski definition) is 2. The Balaban J connectivity index is 2.50. The summed E-state index contributed by atoms with van der Waals surface area (Å²) in [4.78, 5) is 22.2. The van der Waals surface area contributed by atoms with Crippen LogP contribution in [0.5, 0.6) is 0 Å². The number of benzene rings is 1. The first-order valence-electron chi connectivity index (χ1n) is 5.35. The van der Waals surface area contributed by atoms with E-state index in [1.54, 1.807) is 24.3 Å². The lowest BCUT2D eigenvalue weighted by atomic mass is 10.2. The Hall–Kier alpha value is -1.55. The van der Waals surface area contributed by atoms with E-state index in [1.165, 1.54) is 6.92 Å². The number of halogens is 1. The van der Waals surface area contributed by atoms with Crippen LogP contribution in [0.4, 0.5) is 11.4 Å². The molecule has 1 rings (SSSR count). The monoisotopic (exact) mass is 254 g/mol. The van der Waals surface area contributed by atoms with Crippen molar-refractivity contribution in [1.82, 2.24) is 0 Å². The Morgan fingerprint density at radius 3 is 2.12 bits per heavy atom. The normalized spacial score (nSPS) is 9.76. The predicted octanol–water partition coefficient (Wildman–Crippen LogP) is 2.60. The van der Waals surface area contributed by atoms with Gasteiger partial charge in [-0.25, -0.2) is 0 Å². The van der Waals surface area contributed by atoms with Gasteiger partial charge in [0.15, 0.2) is 0 Å². The third kappa shape index (κ3) is 5.36. The van der Waals surface area contributed by atoms with Crippen LogP contribution in [0.25, 0.3) is 0 Å². The molecule has 0 unspecified atom stereocenters. The molecule has 0 aromatic heterocycles. The van der Waals surface area contributed by atoms with Gasteiger partial charge in [0.2, 0.25) is 11.8 Å². The minimum absolute atomic E-state index is 0.0575. The summed E-state index contributed by atoms with van der Waals surface area (Å²) in [5.74, 6) is 0.302. The molecule has 0 saturated carbocycles. The summed E-state index contributed by atoms with van der Waals surface area (Å²) in [6, 6.07) is 6.95. The molecule has 1 aromatic carbocycles. The van der Waals surface area contributed by atoms with Gasteiger partial charge in [-0.3, -0.25) is 9.59 Å². The highest BCUT2D eigenvalue weighted by atomic mass is 35.5. The highest BCUT2D eigenvalue weighted by Crippen LogP contribution is 2.13. The number of carbonyl (C=O) groups excluding carboxylic acids is 2. The molecule has 2 N–H and O–H groups in total. The van der Waals surface area contributed by atoms with Crippen LogP contribution in [0.1, 0.15) is 19.8 Å². The summed E-state index contributed by atoms with van der Waals surface area (Å²) in [5, 5.41) is 5.40. The van der Waals surface area contributed by atoms with Crippen molar-refractivity contribution >= 4 is 34.8 Å².